The number of nitrogens with zero attached hydrogens (tertiary/aromatic N) is 2. The van der Waals surface area contributed by atoms with Crippen molar-refractivity contribution in [1.29, 1.82) is 0 Å². The molecule has 0 amide bonds. The molecular formula is C13H12N2O5. The van der Waals surface area contributed by atoms with E-state index in [2.05, 4.69) is 4.98 Å². The number of carbonyl (C=O) groups excluding carboxylic acids is 1. The monoisotopic (exact) mass is 276 g/mol. The van der Waals surface area contributed by atoms with Crippen LogP contribution in [-0.4, -0.2) is 29.1 Å². The van der Waals surface area contributed by atoms with Crippen LogP contribution in [0, 0.1) is 10.1 Å². The van der Waals surface area contributed by atoms with Gasteiger partial charge in [-0.3, -0.25) is 15.1 Å². The molecule has 2 aromatic rings. The van der Waals surface area contributed by atoms with Crippen molar-refractivity contribution in [3.8, 4) is 5.75 Å². The van der Waals surface area contributed by atoms with Crippen LogP contribution in [0.25, 0.3) is 10.9 Å². The molecule has 0 atom stereocenters. The number of carbonyl (C=O) groups is 1. The van der Waals surface area contributed by atoms with Crippen molar-refractivity contribution in [2.75, 3.05) is 13.2 Å². The molecule has 0 radical (unpaired) electrons. The zero-order valence-corrected chi connectivity index (χ0v) is 10.7. The molecule has 0 bridgehead atoms. The first-order chi connectivity index (χ1) is 9.63. The number of pyridine rings is 1. The quantitative estimate of drug-likeness (QED) is 0.471. The number of ether oxygens (including phenoxy) is 2. The van der Waals surface area contributed by atoms with Gasteiger partial charge in [0.1, 0.15) is 11.3 Å². The molecule has 0 aliphatic heterocycles. The molecular weight excluding hydrogens is 264 g/mol. The van der Waals surface area contributed by atoms with E-state index in [9.17, 15) is 14.9 Å². The Labute approximate surface area is 114 Å². The highest BCUT2D eigenvalue weighted by Gasteiger charge is 2.16. The summed E-state index contributed by atoms with van der Waals surface area (Å²) >= 11 is 0. The van der Waals surface area contributed by atoms with Gasteiger partial charge >= 0.3 is 5.97 Å². The first-order valence-corrected chi connectivity index (χ1v) is 5.94. The molecule has 0 aliphatic rings. The Hall–Kier alpha value is -2.70. The lowest BCUT2D eigenvalue weighted by Crippen LogP contribution is -2.14. The molecule has 1 aromatic heterocycles. The van der Waals surface area contributed by atoms with E-state index in [1.807, 2.05) is 0 Å². The maximum atomic E-state index is 11.3. The maximum Gasteiger partial charge on any atom is 0.344 e. The van der Waals surface area contributed by atoms with Crippen molar-refractivity contribution in [3.05, 3.63) is 40.6 Å². The van der Waals surface area contributed by atoms with E-state index < -0.39 is 10.9 Å². The lowest BCUT2D eigenvalue weighted by Gasteiger charge is -2.08. The normalized spacial score (nSPS) is 10.2. The highest BCUT2D eigenvalue weighted by atomic mass is 16.6. The molecule has 1 heterocycles. The molecule has 7 heteroatoms. The van der Waals surface area contributed by atoms with Gasteiger partial charge in [-0.2, -0.15) is 0 Å². The van der Waals surface area contributed by atoms with Crippen LogP contribution in [0.1, 0.15) is 6.92 Å². The van der Waals surface area contributed by atoms with Crippen molar-refractivity contribution in [2.45, 2.75) is 6.92 Å². The van der Waals surface area contributed by atoms with Gasteiger partial charge in [0, 0.05) is 12.3 Å². The van der Waals surface area contributed by atoms with Gasteiger partial charge < -0.3 is 9.47 Å². The summed E-state index contributed by atoms with van der Waals surface area (Å²) in [6, 6.07) is 5.93. The Balaban J connectivity index is 2.33. The van der Waals surface area contributed by atoms with Gasteiger partial charge in [0.15, 0.2) is 6.61 Å². The summed E-state index contributed by atoms with van der Waals surface area (Å²) in [4.78, 5) is 25.8. The molecule has 104 valence electrons. The van der Waals surface area contributed by atoms with Crippen molar-refractivity contribution in [2.24, 2.45) is 0 Å². The predicted molar refractivity (Wildman–Crippen MR) is 70.5 cm³/mol. The van der Waals surface area contributed by atoms with E-state index in [0.29, 0.717) is 16.7 Å². The Kier molecular flexibility index (Phi) is 4.09. The number of non-ortho nitro benzene ring substituents is 1. The average molecular weight is 276 g/mol. The van der Waals surface area contributed by atoms with Gasteiger partial charge in [-0.15, -0.1) is 0 Å². The number of rotatable bonds is 5. The van der Waals surface area contributed by atoms with Crippen LogP contribution in [-0.2, 0) is 9.53 Å². The second-order valence-electron chi connectivity index (χ2n) is 3.83. The summed E-state index contributed by atoms with van der Waals surface area (Å²) in [6.45, 7) is 1.69. The molecule has 0 fully saturated rings. The smallest absolute Gasteiger partial charge is 0.344 e. The molecule has 1 aromatic carbocycles. The van der Waals surface area contributed by atoms with Crippen LogP contribution in [0.15, 0.2) is 30.5 Å². The maximum absolute atomic E-state index is 11.3. The Bertz CT molecular complexity index is 656. The van der Waals surface area contributed by atoms with E-state index in [1.54, 1.807) is 19.1 Å². The third-order valence-electron chi connectivity index (χ3n) is 2.56. The van der Waals surface area contributed by atoms with Gasteiger partial charge in [0.25, 0.3) is 5.69 Å². The van der Waals surface area contributed by atoms with Gasteiger partial charge in [-0.25, -0.2) is 4.79 Å². The topological polar surface area (TPSA) is 91.6 Å². The van der Waals surface area contributed by atoms with E-state index in [1.165, 1.54) is 18.3 Å². The molecule has 2 rings (SSSR count). The highest BCUT2D eigenvalue weighted by molar-refractivity contribution is 5.92. The van der Waals surface area contributed by atoms with Crippen LogP contribution in [0.5, 0.6) is 5.75 Å². The highest BCUT2D eigenvalue weighted by Crippen LogP contribution is 2.31. The molecule has 0 aliphatic carbocycles. The third-order valence-corrected chi connectivity index (χ3v) is 2.56. The second kappa shape index (κ2) is 5.96. The number of benzene rings is 1. The molecule has 0 saturated carbocycles. The summed E-state index contributed by atoms with van der Waals surface area (Å²) in [5.74, 6) is -0.200. The molecule has 0 saturated heterocycles. The van der Waals surface area contributed by atoms with Crippen LogP contribution in [0.2, 0.25) is 0 Å². The SMILES string of the molecule is CCOC(=O)COc1ccc([N+](=O)[O-])c2cccnc12. The van der Waals surface area contributed by atoms with Crippen LogP contribution in [0.4, 0.5) is 5.69 Å². The predicted octanol–water partition coefficient (Wildman–Crippen LogP) is 2.08. The fourth-order valence-electron chi connectivity index (χ4n) is 1.75. The summed E-state index contributed by atoms with van der Waals surface area (Å²) < 4.78 is 10.1. The van der Waals surface area contributed by atoms with Crippen LogP contribution >= 0.6 is 0 Å². The summed E-state index contributed by atoms with van der Waals surface area (Å²) in [6.07, 6.45) is 1.50. The summed E-state index contributed by atoms with van der Waals surface area (Å²) in [5.41, 5.74) is 0.280. The van der Waals surface area contributed by atoms with Crippen molar-refractivity contribution in [3.63, 3.8) is 0 Å². The van der Waals surface area contributed by atoms with E-state index in [0.717, 1.165) is 0 Å². The minimum atomic E-state index is -0.505. The fourth-order valence-corrected chi connectivity index (χ4v) is 1.75. The standard InChI is InChI=1S/C13H12N2O5/c1-2-19-12(16)8-20-11-6-5-10(15(17)18)9-4-3-7-14-13(9)11/h3-7H,2,8H2,1H3. The number of aromatic nitrogens is 1. The Morgan fingerprint density at radius 1 is 1.40 bits per heavy atom. The van der Waals surface area contributed by atoms with E-state index >= 15 is 0 Å². The minimum Gasteiger partial charge on any atom is -0.480 e. The van der Waals surface area contributed by atoms with Crippen LogP contribution < -0.4 is 4.74 Å². The number of hydrogen-bond acceptors (Lipinski definition) is 6. The molecule has 0 unspecified atom stereocenters. The van der Waals surface area contributed by atoms with Crippen LogP contribution in [0.3, 0.4) is 0 Å². The third kappa shape index (κ3) is 2.82. The van der Waals surface area contributed by atoms with Crippen molar-refractivity contribution >= 4 is 22.6 Å². The molecule has 20 heavy (non-hydrogen) atoms. The van der Waals surface area contributed by atoms with Gasteiger partial charge in [-0.1, -0.05) is 0 Å². The zero-order chi connectivity index (χ0) is 14.5. The lowest BCUT2D eigenvalue weighted by atomic mass is 10.1. The molecule has 0 spiro atoms. The minimum absolute atomic E-state index is 0.0587. The van der Waals surface area contributed by atoms with Crippen molar-refractivity contribution < 1.29 is 19.2 Å². The number of esters is 1. The summed E-state index contributed by atoms with van der Waals surface area (Å²) in [5, 5.41) is 11.3. The van der Waals surface area contributed by atoms with Gasteiger partial charge in [0.2, 0.25) is 0 Å². The fraction of sp³-hybridized carbons (Fsp3) is 0.231. The zero-order valence-electron chi connectivity index (χ0n) is 10.7. The van der Waals surface area contributed by atoms with Gasteiger partial charge in [-0.05, 0) is 25.1 Å². The Morgan fingerprint density at radius 2 is 2.20 bits per heavy atom. The average Bonchev–Trinajstić information content (AvgIpc) is 2.44. The Morgan fingerprint density at radius 3 is 2.90 bits per heavy atom. The van der Waals surface area contributed by atoms with E-state index in [-0.39, 0.29) is 18.9 Å². The molecule has 7 nitrogen and oxygen atoms in total. The molecule has 0 N–H and O–H groups in total. The number of fused-ring (bicyclic) bond motifs is 1. The number of hydrogen-bond donors (Lipinski definition) is 0. The lowest BCUT2D eigenvalue weighted by molar-refractivity contribution is -0.383. The first-order valence-electron chi connectivity index (χ1n) is 5.94. The second-order valence-corrected chi connectivity index (χ2v) is 3.83. The van der Waals surface area contributed by atoms with Gasteiger partial charge in [0.05, 0.1) is 16.9 Å². The number of nitro benzene ring substituents is 1. The van der Waals surface area contributed by atoms with E-state index in [4.69, 9.17) is 9.47 Å². The number of nitro groups is 1. The summed E-state index contributed by atoms with van der Waals surface area (Å²) in [7, 11) is 0. The van der Waals surface area contributed by atoms with Crippen molar-refractivity contribution in [1.82, 2.24) is 4.98 Å². The first kappa shape index (κ1) is 13.7. The largest absolute Gasteiger partial charge is 0.480 e.